The van der Waals surface area contributed by atoms with Gasteiger partial charge >= 0.3 is 0 Å². The molecular formula is C19H24N2O3S. The SMILES string of the molecule is Cc1ccc(C(=O)NCC(=O)NCc2ccccc2COC(C)C)s1. The van der Waals surface area contributed by atoms with Gasteiger partial charge in [-0.25, -0.2) is 0 Å². The molecule has 0 aliphatic carbocycles. The van der Waals surface area contributed by atoms with E-state index in [0.717, 1.165) is 16.0 Å². The summed E-state index contributed by atoms with van der Waals surface area (Å²) in [4.78, 5) is 25.6. The first-order valence-electron chi connectivity index (χ1n) is 8.25. The first kappa shape index (κ1) is 19.1. The van der Waals surface area contributed by atoms with Crippen LogP contribution in [0.5, 0.6) is 0 Å². The van der Waals surface area contributed by atoms with E-state index in [0.29, 0.717) is 18.0 Å². The molecule has 0 fully saturated rings. The Kier molecular flexibility index (Phi) is 7.16. The first-order valence-corrected chi connectivity index (χ1v) is 9.07. The summed E-state index contributed by atoms with van der Waals surface area (Å²) < 4.78 is 5.64. The molecule has 2 aromatic rings. The molecule has 0 spiro atoms. The normalized spacial score (nSPS) is 10.7. The summed E-state index contributed by atoms with van der Waals surface area (Å²) in [5.41, 5.74) is 2.06. The maximum Gasteiger partial charge on any atom is 0.261 e. The van der Waals surface area contributed by atoms with E-state index >= 15 is 0 Å². The van der Waals surface area contributed by atoms with Gasteiger partial charge in [-0.2, -0.15) is 0 Å². The van der Waals surface area contributed by atoms with Crippen molar-refractivity contribution in [2.75, 3.05) is 6.54 Å². The minimum absolute atomic E-state index is 0.0412. The Balaban J connectivity index is 1.81. The third-order valence-electron chi connectivity index (χ3n) is 3.54. The molecule has 1 aromatic carbocycles. The molecule has 0 bridgehead atoms. The summed E-state index contributed by atoms with van der Waals surface area (Å²) in [6, 6.07) is 11.5. The Morgan fingerprint density at radius 3 is 2.44 bits per heavy atom. The van der Waals surface area contributed by atoms with Crippen LogP contribution in [0.2, 0.25) is 0 Å². The number of amides is 2. The zero-order chi connectivity index (χ0) is 18.2. The van der Waals surface area contributed by atoms with Gasteiger partial charge in [0.05, 0.1) is 24.1 Å². The number of ether oxygens (including phenoxy) is 1. The quantitative estimate of drug-likeness (QED) is 0.760. The summed E-state index contributed by atoms with van der Waals surface area (Å²) in [5.74, 6) is -0.444. The standard InChI is InChI=1S/C19H24N2O3S/c1-13(2)24-12-16-7-5-4-6-15(16)10-20-18(22)11-21-19(23)17-9-8-14(3)25-17/h4-9,13H,10-12H2,1-3H3,(H,20,22)(H,21,23). The molecule has 2 N–H and O–H groups in total. The van der Waals surface area contributed by atoms with Crippen LogP contribution in [0.25, 0.3) is 0 Å². The van der Waals surface area contributed by atoms with Crippen molar-refractivity contribution in [3.05, 3.63) is 57.3 Å². The van der Waals surface area contributed by atoms with Crippen LogP contribution in [0.3, 0.4) is 0 Å². The molecular weight excluding hydrogens is 336 g/mol. The third-order valence-corrected chi connectivity index (χ3v) is 4.54. The molecule has 1 heterocycles. The summed E-state index contributed by atoms with van der Waals surface area (Å²) in [7, 11) is 0. The van der Waals surface area contributed by atoms with Gasteiger partial charge in [-0.3, -0.25) is 9.59 Å². The van der Waals surface area contributed by atoms with Gasteiger partial charge < -0.3 is 15.4 Å². The van der Waals surface area contributed by atoms with Crippen LogP contribution in [0, 0.1) is 6.92 Å². The van der Waals surface area contributed by atoms with Gasteiger partial charge in [0.15, 0.2) is 0 Å². The van der Waals surface area contributed by atoms with Crippen molar-refractivity contribution < 1.29 is 14.3 Å². The number of nitrogens with one attached hydrogen (secondary N) is 2. The van der Waals surface area contributed by atoms with Crippen molar-refractivity contribution in [3.8, 4) is 0 Å². The van der Waals surface area contributed by atoms with Crippen molar-refractivity contribution in [2.45, 2.75) is 40.0 Å². The lowest BCUT2D eigenvalue weighted by atomic mass is 10.1. The molecule has 0 saturated carbocycles. The van der Waals surface area contributed by atoms with E-state index in [-0.39, 0.29) is 24.5 Å². The summed E-state index contributed by atoms with van der Waals surface area (Å²) in [5, 5.41) is 5.47. The lowest BCUT2D eigenvalue weighted by Crippen LogP contribution is -2.36. The summed E-state index contributed by atoms with van der Waals surface area (Å²) in [6.07, 6.45) is 0.152. The number of benzene rings is 1. The predicted octanol–water partition coefficient (Wildman–Crippen LogP) is 3.03. The second-order valence-corrected chi connectivity index (χ2v) is 7.29. The number of carbonyl (C=O) groups excluding carboxylic acids is 2. The van der Waals surface area contributed by atoms with Gasteiger partial charge in [-0.1, -0.05) is 24.3 Å². The van der Waals surface area contributed by atoms with Crippen molar-refractivity contribution >= 4 is 23.2 Å². The van der Waals surface area contributed by atoms with Crippen molar-refractivity contribution in [1.29, 1.82) is 0 Å². The minimum atomic E-state index is -0.223. The second kappa shape index (κ2) is 9.34. The Morgan fingerprint density at radius 1 is 1.08 bits per heavy atom. The topological polar surface area (TPSA) is 67.4 Å². The van der Waals surface area contributed by atoms with Crippen LogP contribution in [-0.2, 0) is 22.7 Å². The molecule has 0 atom stereocenters. The molecule has 5 nitrogen and oxygen atoms in total. The highest BCUT2D eigenvalue weighted by Crippen LogP contribution is 2.14. The van der Waals surface area contributed by atoms with Crippen LogP contribution in [-0.4, -0.2) is 24.5 Å². The van der Waals surface area contributed by atoms with Crippen molar-refractivity contribution in [1.82, 2.24) is 10.6 Å². The maximum absolute atomic E-state index is 12.0. The van der Waals surface area contributed by atoms with E-state index in [4.69, 9.17) is 4.74 Å². The van der Waals surface area contributed by atoms with Gasteiger partial charge in [0, 0.05) is 11.4 Å². The molecule has 25 heavy (non-hydrogen) atoms. The molecule has 134 valence electrons. The highest BCUT2D eigenvalue weighted by atomic mass is 32.1. The molecule has 0 aliphatic rings. The van der Waals surface area contributed by atoms with Gasteiger partial charge in [0.25, 0.3) is 5.91 Å². The second-order valence-electron chi connectivity index (χ2n) is 6.00. The lowest BCUT2D eigenvalue weighted by Gasteiger charge is -2.13. The first-order chi connectivity index (χ1) is 12.0. The fourth-order valence-electron chi connectivity index (χ4n) is 2.19. The number of aryl methyl sites for hydroxylation is 1. The zero-order valence-corrected chi connectivity index (χ0v) is 15.6. The Morgan fingerprint density at radius 2 is 1.80 bits per heavy atom. The Bertz CT molecular complexity index is 725. The Hall–Kier alpha value is -2.18. The average Bonchev–Trinajstić information content (AvgIpc) is 3.03. The Labute approximate surface area is 152 Å². The number of thiophene rings is 1. The molecule has 6 heteroatoms. The fourth-order valence-corrected chi connectivity index (χ4v) is 2.97. The average molecular weight is 360 g/mol. The maximum atomic E-state index is 12.0. The summed E-state index contributed by atoms with van der Waals surface area (Å²) in [6.45, 7) is 6.79. The van der Waals surface area contributed by atoms with E-state index in [1.54, 1.807) is 6.07 Å². The third kappa shape index (κ3) is 6.32. The molecule has 2 amide bonds. The van der Waals surface area contributed by atoms with E-state index < -0.39 is 0 Å². The molecule has 2 rings (SSSR count). The van der Waals surface area contributed by atoms with Crippen molar-refractivity contribution in [3.63, 3.8) is 0 Å². The van der Waals surface area contributed by atoms with Crippen LogP contribution < -0.4 is 10.6 Å². The molecule has 0 aliphatic heterocycles. The molecule has 0 saturated heterocycles. The molecule has 1 aromatic heterocycles. The molecule has 0 unspecified atom stereocenters. The summed E-state index contributed by atoms with van der Waals surface area (Å²) >= 11 is 1.41. The predicted molar refractivity (Wildman–Crippen MR) is 99.6 cm³/mol. The van der Waals surface area contributed by atoms with E-state index in [1.807, 2.05) is 51.1 Å². The van der Waals surface area contributed by atoms with E-state index in [2.05, 4.69) is 10.6 Å². The smallest absolute Gasteiger partial charge is 0.261 e. The number of hydrogen-bond acceptors (Lipinski definition) is 4. The van der Waals surface area contributed by atoms with Crippen molar-refractivity contribution in [2.24, 2.45) is 0 Å². The van der Waals surface area contributed by atoms with Crippen LogP contribution in [0.1, 0.15) is 39.5 Å². The van der Waals surface area contributed by atoms with E-state index in [9.17, 15) is 9.59 Å². The van der Waals surface area contributed by atoms with Gasteiger partial charge in [0.2, 0.25) is 5.91 Å². The van der Waals surface area contributed by atoms with Crippen LogP contribution in [0.15, 0.2) is 36.4 Å². The minimum Gasteiger partial charge on any atom is -0.374 e. The van der Waals surface area contributed by atoms with E-state index in [1.165, 1.54) is 11.3 Å². The monoisotopic (exact) mass is 360 g/mol. The molecule has 0 radical (unpaired) electrons. The van der Waals surface area contributed by atoms with Gasteiger partial charge in [0.1, 0.15) is 0 Å². The van der Waals surface area contributed by atoms with Gasteiger partial charge in [-0.15, -0.1) is 11.3 Å². The van der Waals surface area contributed by atoms with Crippen LogP contribution in [0.4, 0.5) is 0 Å². The number of carbonyl (C=O) groups is 2. The van der Waals surface area contributed by atoms with Crippen LogP contribution >= 0.6 is 11.3 Å². The largest absolute Gasteiger partial charge is 0.374 e. The zero-order valence-electron chi connectivity index (χ0n) is 14.8. The lowest BCUT2D eigenvalue weighted by molar-refractivity contribution is -0.120. The van der Waals surface area contributed by atoms with Gasteiger partial charge in [-0.05, 0) is 44.0 Å². The highest BCUT2D eigenvalue weighted by molar-refractivity contribution is 7.13. The number of hydrogen-bond donors (Lipinski definition) is 2. The number of rotatable bonds is 8. The highest BCUT2D eigenvalue weighted by Gasteiger charge is 2.10. The fraction of sp³-hybridized carbons (Fsp3) is 0.368.